The van der Waals surface area contributed by atoms with E-state index in [1.807, 2.05) is 39.0 Å². The van der Waals surface area contributed by atoms with Gasteiger partial charge in [0.25, 0.3) is 5.91 Å². The average molecular weight is 451 g/mol. The fourth-order valence-corrected chi connectivity index (χ4v) is 3.38. The highest BCUT2D eigenvalue weighted by Crippen LogP contribution is 2.34. The lowest BCUT2D eigenvalue weighted by atomic mass is 10.1. The van der Waals surface area contributed by atoms with Crippen LogP contribution in [0.5, 0.6) is 0 Å². The first kappa shape index (κ1) is 20.1. The van der Waals surface area contributed by atoms with Crippen molar-refractivity contribution in [3.8, 4) is 11.3 Å². The molecule has 0 unspecified atom stereocenters. The standard InChI is InChI=1S/C18H23BrN6O3/c1-18(2,3)28-17(27)25-8-6-24(7-9-25)13-5-4-11(19)10-12(13)14-15(16(20)26)22-23-21-14/h4-5,10H,6-9H2,1-3H3,(H2,20,26)(H,21,22,23). The van der Waals surface area contributed by atoms with Crippen molar-refractivity contribution in [2.24, 2.45) is 5.73 Å². The molecule has 1 aromatic heterocycles. The van der Waals surface area contributed by atoms with Crippen LogP contribution in [0.15, 0.2) is 22.7 Å². The van der Waals surface area contributed by atoms with E-state index in [0.717, 1.165) is 15.7 Å². The predicted molar refractivity (Wildman–Crippen MR) is 108 cm³/mol. The summed E-state index contributed by atoms with van der Waals surface area (Å²) >= 11 is 3.46. The maximum Gasteiger partial charge on any atom is 0.410 e. The summed E-state index contributed by atoms with van der Waals surface area (Å²) in [6.07, 6.45) is -0.310. The minimum absolute atomic E-state index is 0.0896. The van der Waals surface area contributed by atoms with Gasteiger partial charge in [0.2, 0.25) is 0 Å². The maximum absolute atomic E-state index is 12.3. The molecule has 1 aliphatic rings. The average Bonchev–Trinajstić information content (AvgIpc) is 3.10. The number of halogens is 1. The Balaban J connectivity index is 1.81. The number of benzene rings is 1. The van der Waals surface area contributed by atoms with Gasteiger partial charge in [-0.2, -0.15) is 15.4 Å². The van der Waals surface area contributed by atoms with Crippen LogP contribution in [-0.2, 0) is 4.74 Å². The van der Waals surface area contributed by atoms with Gasteiger partial charge in [-0.25, -0.2) is 4.79 Å². The summed E-state index contributed by atoms with van der Waals surface area (Å²) in [5.74, 6) is -0.649. The zero-order valence-electron chi connectivity index (χ0n) is 16.0. The molecule has 10 heteroatoms. The summed E-state index contributed by atoms with van der Waals surface area (Å²) in [7, 11) is 0. The van der Waals surface area contributed by atoms with Crippen molar-refractivity contribution in [3.05, 3.63) is 28.4 Å². The number of hydrogen-bond acceptors (Lipinski definition) is 6. The van der Waals surface area contributed by atoms with Crippen LogP contribution < -0.4 is 10.6 Å². The van der Waals surface area contributed by atoms with Gasteiger partial charge in [0, 0.05) is 41.9 Å². The molecule has 0 bridgehead atoms. The van der Waals surface area contributed by atoms with Crippen molar-refractivity contribution in [2.45, 2.75) is 26.4 Å². The van der Waals surface area contributed by atoms with E-state index >= 15 is 0 Å². The Morgan fingerprint density at radius 2 is 1.86 bits per heavy atom. The van der Waals surface area contributed by atoms with Crippen molar-refractivity contribution in [1.82, 2.24) is 20.3 Å². The third-order valence-corrected chi connectivity index (χ3v) is 4.76. The number of primary amides is 1. The lowest BCUT2D eigenvalue weighted by Crippen LogP contribution is -2.50. The molecule has 3 N–H and O–H groups in total. The molecule has 9 nitrogen and oxygen atoms in total. The van der Waals surface area contributed by atoms with Crippen LogP contribution in [0.2, 0.25) is 0 Å². The van der Waals surface area contributed by atoms with Gasteiger partial charge in [0.1, 0.15) is 11.3 Å². The number of aromatic amines is 1. The molecule has 150 valence electrons. The highest BCUT2D eigenvalue weighted by molar-refractivity contribution is 9.10. The number of piperazine rings is 1. The van der Waals surface area contributed by atoms with Gasteiger partial charge >= 0.3 is 6.09 Å². The van der Waals surface area contributed by atoms with Gasteiger partial charge in [-0.1, -0.05) is 15.9 Å². The molecule has 2 heterocycles. The Kier molecular flexibility index (Phi) is 5.59. The minimum atomic E-state index is -0.649. The number of aromatic nitrogens is 3. The second kappa shape index (κ2) is 7.78. The molecular weight excluding hydrogens is 428 g/mol. The number of ether oxygens (including phenoxy) is 1. The highest BCUT2D eigenvalue weighted by Gasteiger charge is 2.28. The van der Waals surface area contributed by atoms with E-state index in [-0.39, 0.29) is 11.8 Å². The van der Waals surface area contributed by atoms with Crippen LogP contribution in [0.1, 0.15) is 31.3 Å². The van der Waals surface area contributed by atoms with Gasteiger partial charge in [-0.3, -0.25) is 4.79 Å². The lowest BCUT2D eigenvalue weighted by Gasteiger charge is -2.37. The van der Waals surface area contributed by atoms with Crippen LogP contribution >= 0.6 is 15.9 Å². The summed E-state index contributed by atoms with van der Waals surface area (Å²) in [4.78, 5) is 27.8. The van der Waals surface area contributed by atoms with E-state index < -0.39 is 11.5 Å². The number of nitrogens with two attached hydrogens (primary N) is 1. The topological polar surface area (TPSA) is 117 Å². The molecule has 2 aromatic rings. The Morgan fingerprint density at radius 1 is 1.18 bits per heavy atom. The fourth-order valence-electron chi connectivity index (χ4n) is 3.02. The quantitative estimate of drug-likeness (QED) is 0.740. The molecule has 2 amide bonds. The van der Waals surface area contributed by atoms with Gasteiger partial charge in [0.05, 0.1) is 0 Å². The molecule has 0 spiro atoms. The zero-order chi connectivity index (χ0) is 20.5. The molecule has 0 saturated carbocycles. The smallest absolute Gasteiger partial charge is 0.410 e. The molecule has 0 atom stereocenters. The molecule has 1 saturated heterocycles. The Morgan fingerprint density at radius 3 is 2.46 bits per heavy atom. The number of hydrogen-bond donors (Lipinski definition) is 2. The van der Waals surface area contributed by atoms with E-state index in [0.29, 0.717) is 31.9 Å². The molecule has 1 fully saturated rings. The molecule has 28 heavy (non-hydrogen) atoms. The van der Waals surface area contributed by atoms with Crippen molar-refractivity contribution in [1.29, 1.82) is 0 Å². The van der Waals surface area contributed by atoms with E-state index in [4.69, 9.17) is 10.5 Å². The number of carbonyl (C=O) groups is 2. The number of nitrogens with zero attached hydrogens (tertiary/aromatic N) is 4. The minimum Gasteiger partial charge on any atom is -0.444 e. The van der Waals surface area contributed by atoms with Gasteiger partial charge in [0.15, 0.2) is 5.69 Å². The Hall–Kier alpha value is -2.62. The zero-order valence-corrected chi connectivity index (χ0v) is 17.6. The normalized spacial score (nSPS) is 14.9. The monoisotopic (exact) mass is 450 g/mol. The van der Waals surface area contributed by atoms with Crippen LogP contribution in [-0.4, -0.2) is 64.1 Å². The predicted octanol–water partition coefficient (Wildman–Crippen LogP) is 2.39. The van der Waals surface area contributed by atoms with Gasteiger partial charge < -0.3 is 20.3 Å². The molecule has 0 aliphatic carbocycles. The van der Waals surface area contributed by atoms with E-state index in [1.165, 1.54) is 0 Å². The van der Waals surface area contributed by atoms with Crippen molar-refractivity contribution >= 4 is 33.6 Å². The number of amides is 2. The SMILES string of the molecule is CC(C)(C)OC(=O)N1CCN(c2ccc(Br)cc2-c2n[nH]nc2C(N)=O)CC1. The molecule has 1 aromatic carbocycles. The molecule has 0 radical (unpaired) electrons. The van der Waals surface area contributed by atoms with Crippen LogP contribution in [0, 0.1) is 0 Å². The summed E-state index contributed by atoms with van der Waals surface area (Å²) < 4.78 is 6.29. The number of anilines is 1. The first-order valence-corrected chi connectivity index (χ1v) is 9.68. The maximum atomic E-state index is 12.3. The van der Waals surface area contributed by atoms with Gasteiger partial charge in [-0.15, -0.1) is 0 Å². The van der Waals surface area contributed by atoms with Crippen LogP contribution in [0.25, 0.3) is 11.3 Å². The Bertz CT molecular complexity index is 884. The van der Waals surface area contributed by atoms with Gasteiger partial charge in [-0.05, 0) is 39.0 Å². The molecule has 1 aliphatic heterocycles. The number of H-pyrrole nitrogens is 1. The van der Waals surface area contributed by atoms with E-state index in [1.54, 1.807) is 4.90 Å². The molecule has 3 rings (SSSR count). The largest absolute Gasteiger partial charge is 0.444 e. The summed E-state index contributed by atoms with van der Waals surface area (Å²) in [5.41, 5.74) is 7.02. The first-order valence-electron chi connectivity index (χ1n) is 8.89. The summed E-state index contributed by atoms with van der Waals surface area (Å²) in [6, 6.07) is 5.74. The van der Waals surface area contributed by atoms with Crippen molar-refractivity contribution in [3.63, 3.8) is 0 Å². The fraction of sp³-hybridized carbons (Fsp3) is 0.444. The number of nitrogens with one attached hydrogen (secondary N) is 1. The third kappa shape index (κ3) is 4.44. The van der Waals surface area contributed by atoms with Crippen molar-refractivity contribution < 1.29 is 14.3 Å². The second-order valence-electron chi connectivity index (χ2n) is 7.50. The van der Waals surface area contributed by atoms with Crippen LogP contribution in [0.3, 0.4) is 0 Å². The third-order valence-electron chi connectivity index (χ3n) is 4.27. The van der Waals surface area contributed by atoms with E-state index in [9.17, 15) is 9.59 Å². The lowest BCUT2D eigenvalue weighted by molar-refractivity contribution is 0.0240. The van der Waals surface area contributed by atoms with Crippen LogP contribution in [0.4, 0.5) is 10.5 Å². The van der Waals surface area contributed by atoms with E-state index in [2.05, 4.69) is 36.2 Å². The second-order valence-corrected chi connectivity index (χ2v) is 8.42. The van der Waals surface area contributed by atoms with Crippen molar-refractivity contribution in [2.75, 3.05) is 31.1 Å². The highest BCUT2D eigenvalue weighted by atomic mass is 79.9. The Labute approximate surface area is 171 Å². The summed E-state index contributed by atoms with van der Waals surface area (Å²) in [5, 5.41) is 10.4. The molecular formula is C18H23BrN6O3. The first-order chi connectivity index (χ1) is 13.2. The number of carbonyl (C=O) groups excluding carboxylic acids is 2. The summed E-state index contributed by atoms with van der Waals surface area (Å²) in [6.45, 7) is 7.86. The number of rotatable bonds is 3.